The summed E-state index contributed by atoms with van der Waals surface area (Å²) in [7, 11) is 0. The van der Waals surface area contributed by atoms with Crippen molar-refractivity contribution < 1.29 is 19.8 Å². The Morgan fingerprint density at radius 3 is 1.44 bits per heavy atom. The zero-order valence-corrected chi connectivity index (χ0v) is 17.3. The predicted octanol–water partition coefficient (Wildman–Crippen LogP) is 6.90. The SMILES string of the molecule is CCCCCCCCCCCCCCCCC/C=C/C(=C/C(=O)O)C(=O)O. The second-order valence-electron chi connectivity index (χ2n) is 7.38. The van der Waals surface area contributed by atoms with Crippen molar-refractivity contribution in [3.05, 3.63) is 23.8 Å². The summed E-state index contributed by atoms with van der Waals surface area (Å²) in [4.78, 5) is 21.4. The van der Waals surface area contributed by atoms with Crippen molar-refractivity contribution in [2.75, 3.05) is 0 Å². The highest BCUT2D eigenvalue weighted by atomic mass is 16.4. The van der Waals surface area contributed by atoms with E-state index in [2.05, 4.69) is 6.92 Å². The first-order valence-corrected chi connectivity index (χ1v) is 10.9. The molecule has 27 heavy (non-hydrogen) atoms. The van der Waals surface area contributed by atoms with Crippen LogP contribution in [0.3, 0.4) is 0 Å². The van der Waals surface area contributed by atoms with Crippen LogP contribution in [0.15, 0.2) is 23.8 Å². The van der Waals surface area contributed by atoms with Crippen LogP contribution in [0.5, 0.6) is 0 Å². The second kappa shape index (κ2) is 19.2. The summed E-state index contributed by atoms with van der Waals surface area (Å²) in [5, 5.41) is 17.5. The Balaban J connectivity index is 3.39. The van der Waals surface area contributed by atoms with Gasteiger partial charge in [-0.15, -0.1) is 0 Å². The highest BCUT2D eigenvalue weighted by Gasteiger charge is 2.04. The third-order valence-corrected chi connectivity index (χ3v) is 4.80. The molecule has 0 aliphatic carbocycles. The van der Waals surface area contributed by atoms with E-state index >= 15 is 0 Å². The molecule has 0 radical (unpaired) electrons. The van der Waals surface area contributed by atoms with Crippen LogP contribution in [0.4, 0.5) is 0 Å². The summed E-state index contributed by atoms with van der Waals surface area (Å²) >= 11 is 0. The lowest BCUT2D eigenvalue weighted by molar-refractivity contribution is -0.134. The van der Waals surface area contributed by atoms with E-state index in [0.717, 1.165) is 25.3 Å². The smallest absolute Gasteiger partial charge is 0.335 e. The van der Waals surface area contributed by atoms with Crippen LogP contribution in [0.1, 0.15) is 110 Å². The number of carbonyl (C=O) groups is 2. The molecule has 0 heterocycles. The van der Waals surface area contributed by atoms with Gasteiger partial charge in [-0.3, -0.25) is 0 Å². The first-order chi connectivity index (χ1) is 13.1. The fourth-order valence-corrected chi connectivity index (χ4v) is 3.16. The Labute approximate surface area is 165 Å². The van der Waals surface area contributed by atoms with Crippen molar-refractivity contribution >= 4 is 11.9 Å². The van der Waals surface area contributed by atoms with Gasteiger partial charge in [0.15, 0.2) is 0 Å². The zero-order chi connectivity index (χ0) is 20.2. The number of carboxylic acids is 2. The molecule has 0 saturated carbocycles. The molecule has 0 aliphatic heterocycles. The van der Waals surface area contributed by atoms with Gasteiger partial charge in [-0.1, -0.05) is 109 Å². The van der Waals surface area contributed by atoms with E-state index in [1.54, 1.807) is 6.08 Å². The maximum Gasteiger partial charge on any atom is 0.335 e. The molecular formula is C23H40O4. The van der Waals surface area contributed by atoms with Crippen molar-refractivity contribution in [1.82, 2.24) is 0 Å². The quantitative estimate of drug-likeness (QED) is 0.145. The van der Waals surface area contributed by atoms with Crippen molar-refractivity contribution in [2.24, 2.45) is 0 Å². The molecule has 4 heteroatoms. The van der Waals surface area contributed by atoms with E-state index in [1.165, 1.54) is 89.5 Å². The van der Waals surface area contributed by atoms with Gasteiger partial charge in [-0.05, 0) is 12.8 Å². The predicted molar refractivity (Wildman–Crippen MR) is 112 cm³/mol. The number of carboxylic acid groups (broad SMARTS) is 2. The van der Waals surface area contributed by atoms with Crippen LogP contribution in [-0.4, -0.2) is 22.2 Å². The number of hydrogen-bond acceptors (Lipinski definition) is 2. The topological polar surface area (TPSA) is 74.6 Å². The van der Waals surface area contributed by atoms with Gasteiger partial charge in [0.1, 0.15) is 0 Å². The molecule has 4 nitrogen and oxygen atoms in total. The minimum atomic E-state index is -1.23. The number of rotatable bonds is 19. The van der Waals surface area contributed by atoms with Gasteiger partial charge in [0.25, 0.3) is 0 Å². The van der Waals surface area contributed by atoms with E-state index < -0.39 is 11.9 Å². The van der Waals surface area contributed by atoms with Gasteiger partial charge in [-0.25, -0.2) is 9.59 Å². The standard InChI is InChI=1S/C23H40O4/c1-2-3-4-5-6-7-8-9-10-11-12-13-14-15-16-17-18-19-21(23(26)27)20-22(24)25/h18-20H,2-17H2,1H3,(H,24,25)(H,26,27)/b19-18+,21-20-. The Morgan fingerprint density at radius 2 is 1.07 bits per heavy atom. The summed E-state index contributed by atoms with van der Waals surface area (Å²) in [5.74, 6) is -2.44. The van der Waals surface area contributed by atoms with Gasteiger partial charge in [0.05, 0.1) is 5.57 Å². The molecule has 0 aromatic heterocycles. The van der Waals surface area contributed by atoms with Crippen molar-refractivity contribution in [3.63, 3.8) is 0 Å². The van der Waals surface area contributed by atoms with E-state index in [1.807, 2.05) is 0 Å². The van der Waals surface area contributed by atoms with E-state index in [4.69, 9.17) is 10.2 Å². The van der Waals surface area contributed by atoms with Gasteiger partial charge >= 0.3 is 11.9 Å². The lowest BCUT2D eigenvalue weighted by Gasteiger charge is -2.03. The summed E-state index contributed by atoms with van der Waals surface area (Å²) in [6.07, 6.45) is 24.5. The third-order valence-electron chi connectivity index (χ3n) is 4.80. The molecule has 0 spiro atoms. The molecule has 0 aliphatic rings. The molecule has 0 rings (SSSR count). The normalized spacial score (nSPS) is 12.0. The lowest BCUT2D eigenvalue weighted by atomic mass is 10.0. The third kappa shape index (κ3) is 19.0. The average molecular weight is 381 g/mol. The fourth-order valence-electron chi connectivity index (χ4n) is 3.16. The van der Waals surface area contributed by atoms with Crippen LogP contribution in [-0.2, 0) is 9.59 Å². The minimum Gasteiger partial charge on any atom is -0.478 e. The number of allylic oxidation sites excluding steroid dienone is 1. The maximum atomic E-state index is 10.9. The van der Waals surface area contributed by atoms with Gasteiger partial charge in [0.2, 0.25) is 0 Å². The molecule has 0 unspecified atom stereocenters. The van der Waals surface area contributed by atoms with Gasteiger partial charge in [0, 0.05) is 6.08 Å². The molecule has 0 amide bonds. The van der Waals surface area contributed by atoms with Crippen LogP contribution >= 0.6 is 0 Å². The largest absolute Gasteiger partial charge is 0.478 e. The lowest BCUT2D eigenvalue weighted by Crippen LogP contribution is -2.01. The monoisotopic (exact) mass is 380 g/mol. The Bertz CT molecular complexity index is 438. The fraction of sp³-hybridized carbons (Fsp3) is 0.739. The number of hydrogen-bond donors (Lipinski definition) is 2. The van der Waals surface area contributed by atoms with Crippen molar-refractivity contribution in [3.8, 4) is 0 Å². The maximum absolute atomic E-state index is 10.9. The first kappa shape index (κ1) is 25.4. The summed E-state index contributed by atoms with van der Waals surface area (Å²) in [6.45, 7) is 2.26. The highest BCUT2D eigenvalue weighted by molar-refractivity contribution is 5.96. The molecule has 0 bridgehead atoms. The summed E-state index contributed by atoms with van der Waals surface area (Å²) in [5.41, 5.74) is -0.177. The van der Waals surface area contributed by atoms with E-state index in [0.29, 0.717) is 0 Å². The van der Waals surface area contributed by atoms with Crippen LogP contribution in [0.25, 0.3) is 0 Å². The molecule has 0 fully saturated rings. The molecule has 2 N–H and O–H groups in total. The van der Waals surface area contributed by atoms with Crippen LogP contribution in [0.2, 0.25) is 0 Å². The minimum absolute atomic E-state index is 0.177. The number of aliphatic carboxylic acids is 2. The first-order valence-electron chi connectivity index (χ1n) is 10.9. The van der Waals surface area contributed by atoms with Crippen LogP contribution in [0, 0.1) is 0 Å². The molecule has 0 atom stereocenters. The molecule has 156 valence electrons. The highest BCUT2D eigenvalue weighted by Crippen LogP contribution is 2.14. The van der Waals surface area contributed by atoms with Crippen molar-refractivity contribution in [2.45, 2.75) is 110 Å². The van der Waals surface area contributed by atoms with E-state index in [9.17, 15) is 9.59 Å². The van der Waals surface area contributed by atoms with Crippen molar-refractivity contribution in [1.29, 1.82) is 0 Å². The molecule has 0 aromatic carbocycles. The summed E-state index contributed by atoms with van der Waals surface area (Å²) < 4.78 is 0. The second-order valence-corrected chi connectivity index (χ2v) is 7.38. The Morgan fingerprint density at radius 1 is 0.667 bits per heavy atom. The Kier molecular flexibility index (Phi) is 18.1. The molecular weight excluding hydrogens is 340 g/mol. The van der Waals surface area contributed by atoms with Gasteiger partial charge < -0.3 is 10.2 Å². The number of unbranched alkanes of at least 4 members (excludes halogenated alkanes) is 15. The zero-order valence-electron chi connectivity index (χ0n) is 17.3. The van der Waals surface area contributed by atoms with Gasteiger partial charge in [-0.2, -0.15) is 0 Å². The molecule has 0 aromatic rings. The molecule has 0 saturated heterocycles. The van der Waals surface area contributed by atoms with E-state index in [-0.39, 0.29) is 5.57 Å². The summed E-state index contributed by atoms with van der Waals surface area (Å²) in [6, 6.07) is 0. The average Bonchev–Trinajstić information content (AvgIpc) is 2.62. The Hall–Kier alpha value is -1.58. The van der Waals surface area contributed by atoms with Crippen LogP contribution < -0.4 is 0 Å².